The monoisotopic (exact) mass is 306 g/mol. The largest absolute Gasteiger partial charge is 0.493 e. The Morgan fingerprint density at radius 2 is 2.14 bits per heavy atom. The van der Waals surface area contributed by atoms with Gasteiger partial charge >= 0.3 is 0 Å². The van der Waals surface area contributed by atoms with E-state index >= 15 is 0 Å². The first kappa shape index (κ1) is 16.1. The highest BCUT2D eigenvalue weighted by molar-refractivity contribution is 6.04. The summed E-state index contributed by atoms with van der Waals surface area (Å²) in [6, 6.07) is 5.52. The van der Waals surface area contributed by atoms with E-state index in [1.165, 1.54) is 0 Å². The average molecular weight is 306 g/mol. The van der Waals surface area contributed by atoms with Crippen molar-refractivity contribution in [2.45, 2.75) is 32.3 Å². The number of hydrogen-bond donors (Lipinski definition) is 1. The lowest BCUT2D eigenvalue weighted by molar-refractivity contribution is -0.131. The van der Waals surface area contributed by atoms with Crippen molar-refractivity contribution >= 4 is 11.6 Å². The van der Waals surface area contributed by atoms with Gasteiger partial charge in [-0.25, -0.2) is 0 Å². The van der Waals surface area contributed by atoms with Crippen LogP contribution in [0.4, 0.5) is 0 Å². The molecule has 6 heteroatoms. The van der Waals surface area contributed by atoms with Crippen LogP contribution in [-0.2, 0) is 9.63 Å². The maximum absolute atomic E-state index is 12.0. The second kappa shape index (κ2) is 7.68. The number of benzene rings is 1. The predicted octanol–water partition coefficient (Wildman–Crippen LogP) is 2.11. The standard InChI is InChI=1S/C16H22N2O4/c1-4-5-8-17-16(19)15-10-12(18-22-15)11-6-7-13(20-2)14(9-11)21-3/h6-7,9,15H,4-5,8,10H2,1-3H3,(H,17,19)/t15-/m0/s1. The summed E-state index contributed by atoms with van der Waals surface area (Å²) in [6.45, 7) is 2.75. The highest BCUT2D eigenvalue weighted by Crippen LogP contribution is 2.29. The van der Waals surface area contributed by atoms with Crippen molar-refractivity contribution in [1.82, 2.24) is 5.32 Å². The number of methoxy groups -OCH3 is 2. The van der Waals surface area contributed by atoms with Crippen LogP contribution in [0.15, 0.2) is 23.4 Å². The summed E-state index contributed by atoms with van der Waals surface area (Å²) < 4.78 is 10.5. The SMILES string of the molecule is CCCCNC(=O)[C@@H]1CC(c2ccc(OC)c(OC)c2)=NO1. The van der Waals surface area contributed by atoms with Crippen molar-refractivity contribution in [3.8, 4) is 11.5 Å². The van der Waals surface area contributed by atoms with Gasteiger partial charge in [-0.15, -0.1) is 0 Å². The number of nitrogens with one attached hydrogen (secondary N) is 1. The van der Waals surface area contributed by atoms with E-state index in [1.54, 1.807) is 14.2 Å². The van der Waals surface area contributed by atoms with Crippen LogP contribution in [0.25, 0.3) is 0 Å². The third kappa shape index (κ3) is 3.69. The molecule has 1 aliphatic rings. The molecular formula is C16H22N2O4. The van der Waals surface area contributed by atoms with Gasteiger partial charge in [0.25, 0.3) is 5.91 Å². The molecule has 0 fully saturated rings. The van der Waals surface area contributed by atoms with Gasteiger partial charge in [0, 0.05) is 18.5 Å². The Labute approximate surface area is 130 Å². The molecule has 0 aliphatic carbocycles. The van der Waals surface area contributed by atoms with E-state index in [0.717, 1.165) is 24.1 Å². The molecule has 1 aliphatic heterocycles. The zero-order valence-corrected chi connectivity index (χ0v) is 13.2. The van der Waals surface area contributed by atoms with E-state index in [1.807, 2.05) is 18.2 Å². The Hall–Kier alpha value is -2.24. The summed E-state index contributed by atoms with van der Waals surface area (Å²) in [7, 11) is 3.17. The number of ether oxygens (including phenoxy) is 2. The van der Waals surface area contributed by atoms with E-state index < -0.39 is 6.10 Å². The quantitative estimate of drug-likeness (QED) is 0.783. The molecule has 2 rings (SSSR count). The summed E-state index contributed by atoms with van der Waals surface area (Å²) in [6.07, 6.45) is 1.90. The van der Waals surface area contributed by atoms with Gasteiger partial charge in [-0.2, -0.15) is 0 Å². The lowest BCUT2D eigenvalue weighted by Crippen LogP contribution is -2.35. The number of unbranched alkanes of at least 4 members (excludes halogenated alkanes) is 1. The molecule has 0 radical (unpaired) electrons. The summed E-state index contributed by atoms with van der Waals surface area (Å²) in [5.41, 5.74) is 1.60. The molecule has 22 heavy (non-hydrogen) atoms. The molecule has 120 valence electrons. The Kier molecular flexibility index (Phi) is 5.63. The van der Waals surface area contributed by atoms with Crippen LogP contribution in [-0.4, -0.2) is 38.5 Å². The van der Waals surface area contributed by atoms with Crippen molar-refractivity contribution in [1.29, 1.82) is 0 Å². The summed E-state index contributed by atoms with van der Waals surface area (Å²) in [5, 5.41) is 6.88. The third-order valence-corrected chi connectivity index (χ3v) is 3.51. The Morgan fingerprint density at radius 3 is 2.82 bits per heavy atom. The van der Waals surface area contributed by atoms with Gasteiger partial charge in [-0.3, -0.25) is 4.79 Å². The van der Waals surface area contributed by atoms with Crippen molar-refractivity contribution < 1.29 is 19.1 Å². The second-order valence-corrected chi connectivity index (χ2v) is 5.05. The number of oxime groups is 1. The molecule has 0 aromatic heterocycles. The van der Waals surface area contributed by atoms with Crippen LogP contribution < -0.4 is 14.8 Å². The highest BCUT2D eigenvalue weighted by Gasteiger charge is 2.28. The maximum Gasteiger partial charge on any atom is 0.264 e. The summed E-state index contributed by atoms with van der Waals surface area (Å²) >= 11 is 0. The molecule has 1 aromatic rings. The Balaban J connectivity index is 1.99. The predicted molar refractivity (Wildman–Crippen MR) is 83.5 cm³/mol. The summed E-state index contributed by atoms with van der Waals surface area (Å²) in [4.78, 5) is 17.2. The van der Waals surface area contributed by atoms with Crippen LogP contribution in [0.5, 0.6) is 11.5 Å². The lowest BCUT2D eigenvalue weighted by atomic mass is 10.0. The van der Waals surface area contributed by atoms with Gasteiger partial charge in [0.1, 0.15) is 0 Å². The van der Waals surface area contributed by atoms with Crippen LogP contribution >= 0.6 is 0 Å². The van der Waals surface area contributed by atoms with E-state index in [4.69, 9.17) is 14.3 Å². The normalized spacial score (nSPS) is 16.7. The van der Waals surface area contributed by atoms with Gasteiger partial charge in [0.2, 0.25) is 6.10 Å². The Morgan fingerprint density at radius 1 is 1.36 bits per heavy atom. The number of nitrogens with zero attached hydrogens (tertiary/aromatic N) is 1. The average Bonchev–Trinajstić information content (AvgIpc) is 3.04. The number of carbonyl (C=O) groups excluding carboxylic acids is 1. The first-order valence-corrected chi connectivity index (χ1v) is 7.42. The summed E-state index contributed by atoms with van der Waals surface area (Å²) in [5.74, 6) is 1.16. The minimum absolute atomic E-state index is 0.118. The first-order valence-electron chi connectivity index (χ1n) is 7.42. The topological polar surface area (TPSA) is 69.2 Å². The van der Waals surface area contributed by atoms with Crippen LogP contribution in [0.2, 0.25) is 0 Å². The molecule has 0 saturated carbocycles. The van der Waals surface area contributed by atoms with E-state index in [9.17, 15) is 4.79 Å². The first-order chi connectivity index (χ1) is 10.7. The highest BCUT2D eigenvalue weighted by atomic mass is 16.6. The number of hydrogen-bond acceptors (Lipinski definition) is 5. The van der Waals surface area contributed by atoms with Gasteiger partial charge < -0.3 is 19.6 Å². The van der Waals surface area contributed by atoms with Crippen LogP contribution in [0.3, 0.4) is 0 Å². The van der Waals surface area contributed by atoms with E-state index in [-0.39, 0.29) is 5.91 Å². The smallest absolute Gasteiger partial charge is 0.264 e. The van der Waals surface area contributed by atoms with E-state index in [2.05, 4.69) is 17.4 Å². The van der Waals surface area contributed by atoms with Gasteiger partial charge in [-0.1, -0.05) is 18.5 Å². The molecule has 0 unspecified atom stereocenters. The minimum Gasteiger partial charge on any atom is -0.493 e. The molecule has 6 nitrogen and oxygen atoms in total. The van der Waals surface area contributed by atoms with Gasteiger partial charge in [0.05, 0.1) is 19.9 Å². The molecular weight excluding hydrogens is 284 g/mol. The zero-order chi connectivity index (χ0) is 15.9. The Bertz CT molecular complexity index is 557. The van der Waals surface area contributed by atoms with Crippen LogP contribution in [0.1, 0.15) is 31.7 Å². The van der Waals surface area contributed by atoms with Crippen molar-refractivity contribution in [2.75, 3.05) is 20.8 Å². The minimum atomic E-state index is -0.556. The lowest BCUT2D eigenvalue weighted by Gasteiger charge is -2.10. The third-order valence-electron chi connectivity index (χ3n) is 3.51. The zero-order valence-electron chi connectivity index (χ0n) is 13.2. The molecule has 1 N–H and O–H groups in total. The fourth-order valence-electron chi connectivity index (χ4n) is 2.21. The van der Waals surface area contributed by atoms with Crippen LogP contribution in [0, 0.1) is 0 Å². The van der Waals surface area contributed by atoms with E-state index in [0.29, 0.717) is 24.5 Å². The fraction of sp³-hybridized carbons (Fsp3) is 0.500. The molecule has 1 amide bonds. The number of rotatable bonds is 7. The molecule has 1 aromatic carbocycles. The second-order valence-electron chi connectivity index (χ2n) is 5.05. The van der Waals surface area contributed by atoms with Crippen molar-refractivity contribution in [3.05, 3.63) is 23.8 Å². The van der Waals surface area contributed by atoms with Crippen molar-refractivity contribution in [2.24, 2.45) is 5.16 Å². The molecule has 0 saturated heterocycles. The molecule has 1 atom stereocenters. The van der Waals surface area contributed by atoms with Gasteiger partial charge in [0.15, 0.2) is 11.5 Å². The number of amides is 1. The fourth-order valence-corrected chi connectivity index (χ4v) is 2.21. The molecule has 1 heterocycles. The maximum atomic E-state index is 12.0. The van der Waals surface area contributed by atoms with Gasteiger partial charge in [-0.05, 0) is 24.6 Å². The number of carbonyl (C=O) groups is 1. The molecule has 0 spiro atoms. The van der Waals surface area contributed by atoms with Crippen molar-refractivity contribution in [3.63, 3.8) is 0 Å². The molecule has 0 bridgehead atoms.